The lowest BCUT2D eigenvalue weighted by atomic mass is 9.93. The van der Waals surface area contributed by atoms with Crippen molar-refractivity contribution in [3.8, 4) is 5.75 Å². The van der Waals surface area contributed by atoms with Crippen LogP contribution >= 0.6 is 0 Å². The molecule has 4 aromatic rings. The molecule has 2 heterocycles. The van der Waals surface area contributed by atoms with E-state index in [4.69, 9.17) is 10.5 Å². The van der Waals surface area contributed by atoms with Gasteiger partial charge >= 0.3 is 0 Å². The number of aromatic amines is 1. The predicted molar refractivity (Wildman–Crippen MR) is 114 cm³/mol. The number of ether oxygens (including phenoxy) is 1. The number of carbonyl (C=O) groups excluding carboxylic acids is 2. The van der Waals surface area contributed by atoms with Crippen LogP contribution in [0.25, 0.3) is 11.0 Å². The molecule has 4 N–H and O–H groups in total. The van der Waals surface area contributed by atoms with Gasteiger partial charge in [0.2, 0.25) is 11.8 Å². The molecule has 8 nitrogen and oxygen atoms in total. The van der Waals surface area contributed by atoms with Gasteiger partial charge in [-0.15, -0.1) is 0 Å². The molecule has 32 heavy (non-hydrogen) atoms. The number of amides is 2. The Kier molecular flexibility index (Phi) is 4.40. The van der Waals surface area contributed by atoms with Crippen molar-refractivity contribution < 1.29 is 18.7 Å². The highest BCUT2D eigenvalue weighted by Crippen LogP contribution is 2.65. The fraction of sp³-hybridized carbons (Fsp3) is 0.130. The number of pyridine rings is 1. The van der Waals surface area contributed by atoms with E-state index < -0.39 is 28.6 Å². The van der Waals surface area contributed by atoms with Gasteiger partial charge in [0.15, 0.2) is 16.7 Å². The average Bonchev–Trinajstić information content (AvgIpc) is 3.24. The molecule has 2 amide bonds. The number of H-pyrrole nitrogens is 1. The molecule has 0 aliphatic heterocycles. The zero-order chi connectivity index (χ0) is 22.3. The van der Waals surface area contributed by atoms with Crippen LogP contribution in [0.3, 0.4) is 0 Å². The van der Waals surface area contributed by atoms with Gasteiger partial charge in [-0.1, -0.05) is 30.3 Å². The Hall–Kier alpha value is -4.27. The Labute approximate surface area is 181 Å². The maximum absolute atomic E-state index is 13.4. The number of fused-ring (bicyclic) bond motifs is 1. The standard InChI is InChI=1S/C23H18FN5O3/c24-15-6-8-16(9-7-15)28-21(31)22(20(25)30)13-23(22,14-4-2-1-3-5-14)32-18-10-11-26-19-17(18)12-27-29-19/h1-12H,13H2,(H2,25,30)(H,28,31)(H,26,27,29). The van der Waals surface area contributed by atoms with Gasteiger partial charge in [-0.05, 0) is 35.9 Å². The molecule has 2 unspecified atom stereocenters. The summed E-state index contributed by atoms with van der Waals surface area (Å²) in [5.74, 6) is -1.48. The van der Waals surface area contributed by atoms with Crippen molar-refractivity contribution in [2.24, 2.45) is 11.1 Å². The average molecular weight is 431 g/mol. The summed E-state index contributed by atoms with van der Waals surface area (Å²) in [6.45, 7) is 0. The first kappa shape index (κ1) is 19.7. The van der Waals surface area contributed by atoms with Gasteiger partial charge in [-0.25, -0.2) is 9.37 Å². The van der Waals surface area contributed by atoms with Crippen LogP contribution in [-0.2, 0) is 15.2 Å². The van der Waals surface area contributed by atoms with Gasteiger partial charge in [-0.2, -0.15) is 5.10 Å². The van der Waals surface area contributed by atoms with E-state index in [1.807, 2.05) is 6.07 Å². The highest BCUT2D eigenvalue weighted by Gasteiger charge is 2.79. The fourth-order valence-corrected chi connectivity index (χ4v) is 4.10. The van der Waals surface area contributed by atoms with Crippen LogP contribution in [0.1, 0.15) is 12.0 Å². The maximum Gasteiger partial charge on any atom is 0.244 e. The second-order valence-electron chi connectivity index (χ2n) is 7.63. The molecule has 0 spiro atoms. The number of anilines is 1. The largest absolute Gasteiger partial charge is 0.480 e. The topological polar surface area (TPSA) is 123 Å². The third-order valence-corrected chi connectivity index (χ3v) is 5.82. The molecule has 2 aromatic carbocycles. The number of hydrogen-bond acceptors (Lipinski definition) is 5. The van der Waals surface area contributed by atoms with E-state index in [1.54, 1.807) is 36.5 Å². The highest BCUT2D eigenvalue weighted by molar-refractivity contribution is 6.15. The number of benzene rings is 2. The van der Waals surface area contributed by atoms with E-state index in [9.17, 15) is 14.0 Å². The number of aromatic nitrogens is 3. The van der Waals surface area contributed by atoms with E-state index in [2.05, 4.69) is 20.5 Å². The second-order valence-corrected chi connectivity index (χ2v) is 7.63. The molecule has 160 valence electrons. The summed E-state index contributed by atoms with van der Waals surface area (Å²) in [4.78, 5) is 30.3. The van der Waals surface area contributed by atoms with Crippen molar-refractivity contribution in [1.29, 1.82) is 0 Å². The molecule has 0 bridgehead atoms. The summed E-state index contributed by atoms with van der Waals surface area (Å²) < 4.78 is 19.7. The lowest BCUT2D eigenvalue weighted by Crippen LogP contribution is -2.44. The van der Waals surface area contributed by atoms with Crippen molar-refractivity contribution >= 4 is 28.5 Å². The van der Waals surface area contributed by atoms with Crippen molar-refractivity contribution in [2.75, 3.05) is 5.32 Å². The zero-order valence-electron chi connectivity index (χ0n) is 16.7. The van der Waals surface area contributed by atoms with Crippen LogP contribution in [0.4, 0.5) is 10.1 Å². The number of primary amides is 1. The SMILES string of the molecule is NC(=O)C1(C(=O)Nc2ccc(F)cc2)CC1(Oc1ccnc2n[nH]cc12)c1ccccc1. The molecule has 1 aliphatic rings. The zero-order valence-corrected chi connectivity index (χ0v) is 16.7. The summed E-state index contributed by atoms with van der Waals surface area (Å²) in [5, 5.41) is 10.1. The number of carbonyl (C=O) groups is 2. The summed E-state index contributed by atoms with van der Waals surface area (Å²) >= 11 is 0. The van der Waals surface area contributed by atoms with Crippen molar-refractivity contribution in [3.63, 3.8) is 0 Å². The molecule has 0 radical (unpaired) electrons. The molecule has 1 saturated carbocycles. The molecule has 5 rings (SSSR count). The Morgan fingerprint density at radius 1 is 1.09 bits per heavy atom. The minimum Gasteiger partial charge on any atom is -0.480 e. The molecule has 2 aromatic heterocycles. The third-order valence-electron chi connectivity index (χ3n) is 5.82. The predicted octanol–water partition coefficient (Wildman–Crippen LogP) is 2.89. The Morgan fingerprint density at radius 3 is 2.56 bits per heavy atom. The number of halogens is 1. The highest BCUT2D eigenvalue weighted by atomic mass is 19.1. The Bertz CT molecular complexity index is 1320. The molecule has 9 heteroatoms. The van der Waals surface area contributed by atoms with Gasteiger partial charge in [0.05, 0.1) is 5.39 Å². The van der Waals surface area contributed by atoms with E-state index >= 15 is 0 Å². The second kappa shape index (κ2) is 7.16. The smallest absolute Gasteiger partial charge is 0.244 e. The maximum atomic E-state index is 13.4. The minimum absolute atomic E-state index is 0.0358. The molecular weight excluding hydrogens is 413 g/mol. The molecule has 0 saturated heterocycles. The lowest BCUT2D eigenvalue weighted by molar-refractivity contribution is -0.135. The molecule has 1 aliphatic carbocycles. The quantitative estimate of drug-likeness (QED) is 0.405. The van der Waals surface area contributed by atoms with Crippen LogP contribution in [-0.4, -0.2) is 27.0 Å². The van der Waals surface area contributed by atoms with Crippen LogP contribution < -0.4 is 15.8 Å². The normalized spacial score (nSPS) is 21.8. The van der Waals surface area contributed by atoms with E-state index in [1.165, 1.54) is 30.5 Å². The van der Waals surface area contributed by atoms with Crippen LogP contribution in [0.15, 0.2) is 73.1 Å². The number of nitrogens with one attached hydrogen (secondary N) is 2. The first-order valence-electron chi connectivity index (χ1n) is 9.86. The number of hydrogen-bond donors (Lipinski definition) is 3. The summed E-state index contributed by atoms with van der Waals surface area (Å²) in [6.07, 6.45) is 3.20. The first-order valence-corrected chi connectivity index (χ1v) is 9.86. The summed E-state index contributed by atoms with van der Waals surface area (Å²) in [6, 6.07) is 15.9. The van der Waals surface area contributed by atoms with Crippen LogP contribution in [0, 0.1) is 11.2 Å². The van der Waals surface area contributed by atoms with Crippen molar-refractivity contribution in [1.82, 2.24) is 15.2 Å². The molecule has 1 fully saturated rings. The fourth-order valence-electron chi connectivity index (χ4n) is 4.10. The lowest BCUT2D eigenvalue weighted by Gasteiger charge is -2.25. The number of nitrogens with zero attached hydrogens (tertiary/aromatic N) is 2. The van der Waals surface area contributed by atoms with Gasteiger partial charge in [0, 0.05) is 24.5 Å². The van der Waals surface area contributed by atoms with Crippen molar-refractivity contribution in [3.05, 3.63) is 84.4 Å². The summed E-state index contributed by atoms with van der Waals surface area (Å²) in [5.41, 5.74) is 4.19. The van der Waals surface area contributed by atoms with Crippen LogP contribution in [0.2, 0.25) is 0 Å². The van der Waals surface area contributed by atoms with Gasteiger partial charge in [-0.3, -0.25) is 14.7 Å². The first-order chi connectivity index (χ1) is 15.5. The Morgan fingerprint density at radius 2 is 1.84 bits per heavy atom. The minimum atomic E-state index is -1.68. The summed E-state index contributed by atoms with van der Waals surface area (Å²) in [7, 11) is 0. The molecular formula is C23H18FN5O3. The number of nitrogens with two attached hydrogens (primary N) is 1. The van der Waals surface area contributed by atoms with Gasteiger partial charge in [0.1, 0.15) is 11.6 Å². The molecule has 2 atom stereocenters. The van der Waals surface area contributed by atoms with E-state index in [0.29, 0.717) is 28.0 Å². The Balaban J connectivity index is 1.59. The van der Waals surface area contributed by atoms with Gasteiger partial charge in [0.25, 0.3) is 0 Å². The van der Waals surface area contributed by atoms with E-state index in [0.717, 1.165) is 0 Å². The van der Waals surface area contributed by atoms with Crippen LogP contribution in [0.5, 0.6) is 5.75 Å². The van der Waals surface area contributed by atoms with Gasteiger partial charge < -0.3 is 15.8 Å². The number of rotatable bonds is 6. The van der Waals surface area contributed by atoms with E-state index in [-0.39, 0.29) is 6.42 Å². The monoisotopic (exact) mass is 431 g/mol. The van der Waals surface area contributed by atoms with Crippen molar-refractivity contribution in [2.45, 2.75) is 12.0 Å². The third kappa shape index (κ3) is 2.89.